The van der Waals surface area contributed by atoms with Crippen molar-refractivity contribution in [1.82, 2.24) is 0 Å². The number of rotatable bonds is 10. The number of hydrogen-bond donors (Lipinski definition) is 0. The van der Waals surface area contributed by atoms with E-state index in [1.54, 1.807) is 0 Å². The smallest absolute Gasteiger partial charge is 0.0576 e. The van der Waals surface area contributed by atoms with Crippen molar-refractivity contribution in [2.24, 2.45) is 0 Å². The molecule has 0 radical (unpaired) electrons. The zero-order valence-electron chi connectivity index (χ0n) is 11.2. The fourth-order valence-electron chi connectivity index (χ4n) is 2.55. The fourth-order valence-corrected chi connectivity index (χ4v) is 2.55. The maximum atomic E-state index is 5.62. The van der Waals surface area contributed by atoms with E-state index >= 15 is 0 Å². The average molecular weight is 226 g/mol. The lowest BCUT2D eigenvalue weighted by molar-refractivity contribution is 0.102. The van der Waals surface area contributed by atoms with Crippen LogP contribution in [0.25, 0.3) is 0 Å². The van der Waals surface area contributed by atoms with E-state index in [-0.39, 0.29) is 0 Å². The Labute approximate surface area is 102 Å². The molecule has 1 aliphatic heterocycles. The quantitative estimate of drug-likeness (QED) is 0.472. The molecule has 0 aromatic rings. The van der Waals surface area contributed by atoms with Gasteiger partial charge in [-0.2, -0.15) is 0 Å². The number of unbranched alkanes of at least 4 members (excludes halogenated alkanes) is 8. The second-order valence-electron chi connectivity index (χ2n) is 5.25. The van der Waals surface area contributed by atoms with Gasteiger partial charge in [0.2, 0.25) is 0 Å². The Balaban J connectivity index is 1.71. The van der Waals surface area contributed by atoms with Crippen LogP contribution in [-0.4, -0.2) is 12.7 Å². The van der Waals surface area contributed by atoms with E-state index < -0.39 is 0 Å². The summed E-state index contributed by atoms with van der Waals surface area (Å²) in [5.41, 5.74) is 0. The molecule has 0 aromatic carbocycles. The zero-order valence-corrected chi connectivity index (χ0v) is 11.2. The van der Waals surface area contributed by atoms with Crippen molar-refractivity contribution in [3.63, 3.8) is 0 Å². The molecule has 0 amide bonds. The highest BCUT2D eigenvalue weighted by molar-refractivity contribution is 4.64. The first-order valence-corrected chi connectivity index (χ1v) is 7.55. The summed E-state index contributed by atoms with van der Waals surface area (Å²) in [6, 6.07) is 0. The van der Waals surface area contributed by atoms with E-state index in [2.05, 4.69) is 6.92 Å². The molecule has 0 aromatic heterocycles. The van der Waals surface area contributed by atoms with Gasteiger partial charge in [0, 0.05) is 6.61 Å². The van der Waals surface area contributed by atoms with Gasteiger partial charge in [0.1, 0.15) is 0 Å². The molecule has 0 saturated carbocycles. The third-order valence-electron chi connectivity index (χ3n) is 3.65. The molecule has 0 spiro atoms. The predicted molar refractivity (Wildman–Crippen MR) is 70.8 cm³/mol. The minimum atomic E-state index is 0.615. The van der Waals surface area contributed by atoms with Gasteiger partial charge < -0.3 is 4.74 Å². The Kier molecular flexibility index (Phi) is 8.88. The lowest BCUT2D eigenvalue weighted by Crippen LogP contribution is -2.03. The van der Waals surface area contributed by atoms with Crippen LogP contribution < -0.4 is 0 Å². The van der Waals surface area contributed by atoms with Crippen molar-refractivity contribution in [3.8, 4) is 0 Å². The van der Waals surface area contributed by atoms with E-state index in [1.807, 2.05) is 0 Å². The third kappa shape index (κ3) is 7.27. The van der Waals surface area contributed by atoms with Crippen LogP contribution in [-0.2, 0) is 4.74 Å². The van der Waals surface area contributed by atoms with Gasteiger partial charge in [-0.3, -0.25) is 0 Å². The predicted octanol–water partition coefficient (Wildman–Crippen LogP) is 5.09. The standard InChI is InChI=1S/C15H30O/c1-2-3-4-5-6-7-8-9-10-12-15-13-11-14-16-15/h15H,2-14H2,1H3/t15-/m1/s1. The Morgan fingerprint density at radius 1 is 0.875 bits per heavy atom. The van der Waals surface area contributed by atoms with Crippen molar-refractivity contribution in [2.75, 3.05) is 6.61 Å². The first-order valence-electron chi connectivity index (χ1n) is 7.55. The van der Waals surface area contributed by atoms with E-state index in [0.29, 0.717) is 6.10 Å². The van der Waals surface area contributed by atoms with Crippen molar-refractivity contribution in [1.29, 1.82) is 0 Å². The van der Waals surface area contributed by atoms with Gasteiger partial charge in [0.05, 0.1) is 6.10 Å². The lowest BCUT2D eigenvalue weighted by atomic mass is 10.0. The van der Waals surface area contributed by atoms with Crippen LogP contribution in [0.5, 0.6) is 0 Å². The maximum absolute atomic E-state index is 5.62. The average Bonchev–Trinajstić information content (AvgIpc) is 2.80. The van der Waals surface area contributed by atoms with Crippen LogP contribution in [0.2, 0.25) is 0 Å². The summed E-state index contributed by atoms with van der Waals surface area (Å²) in [4.78, 5) is 0. The summed E-state index contributed by atoms with van der Waals surface area (Å²) >= 11 is 0. The summed E-state index contributed by atoms with van der Waals surface area (Å²) < 4.78 is 5.62. The topological polar surface area (TPSA) is 9.23 Å². The van der Waals surface area contributed by atoms with Gasteiger partial charge in [-0.1, -0.05) is 64.7 Å². The first kappa shape index (κ1) is 14.0. The van der Waals surface area contributed by atoms with Crippen LogP contribution >= 0.6 is 0 Å². The van der Waals surface area contributed by atoms with Crippen molar-refractivity contribution < 1.29 is 4.74 Å². The highest BCUT2D eigenvalue weighted by atomic mass is 16.5. The maximum Gasteiger partial charge on any atom is 0.0576 e. The number of ether oxygens (including phenoxy) is 1. The molecule has 1 rings (SSSR count). The molecule has 1 atom stereocenters. The summed E-state index contributed by atoms with van der Waals surface area (Å²) in [7, 11) is 0. The largest absolute Gasteiger partial charge is 0.378 e. The molecule has 1 nitrogen and oxygen atoms in total. The molecule has 1 aliphatic rings. The Morgan fingerprint density at radius 3 is 2.06 bits per heavy atom. The first-order chi connectivity index (χ1) is 7.93. The molecule has 0 unspecified atom stereocenters. The summed E-state index contributed by atoms with van der Waals surface area (Å²) in [6.45, 7) is 3.30. The molecule has 96 valence electrons. The van der Waals surface area contributed by atoms with E-state index in [9.17, 15) is 0 Å². The highest BCUT2D eigenvalue weighted by Gasteiger charge is 2.14. The minimum Gasteiger partial charge on any atom is -0.378 e. The highest BCUT2D eigenvalue weighted by Crippen LogP contribution is 2.19. The van der Waals surface area contributed by atoms with E-state index in [0.717, 1.165) is 6.61 Å². The van der Waals surface area contributed by atoms with Crippen LogP contribution in [0, 0.1) is 0 Å². The van der Waals surface area contributed by atoms with Gasteiger partial charge in [-0.25, -0.2) is 0 Å². The molecule has 1 heterocycles. The summed E-state index contributed by atoms with van der Waals surface area (Å²) in [6.07, 6.45) is 17.4. The monoisotopic (exact) mass is 226 g/mol. The second kappa shape index (κ2) is 10.1. The fraction of sp³-hybridized carbons (Fsp3) is 1.00. The van der Waals surface area contributed by atoms with E-state index in [4.69, 9.17) is 4.74 Å². The molecular formula is C15H30O. The van der Waals surface area contributed by atoms with Crippen LogP contribution in [0.15, 0.2) is 0 Å². The number of hydrogen-bond acceptors (Lipinski definition) is 1. The molecule has 16 heavy (non-hydrogen) atoms. The Morgan fingerprint density at radius 2 is 1.50 bits per heavy atom. The molecule has 1 heteroatoms. The third-order valence-corrected chi connectivity index (χ3v) is 3.65. The SMILES string of the molecule is CCCCCCCCCCC[C@@H]1CCCO1. The van der Waals surface area contributed by atoms with Crippen molar-refractivity contribution >= 4 is 0 Å². The van der Waals surface area contributed by atoms with Gasteiger partial charge in [-0.05, 0) is 19.3 Å². The normalized spacial score (nSPS) is 20.4. The molecule has 0 N–H and O–H groups in total. The van der Waals surface area contributed by atoms with Gasteiger partial charge >= 0.3 is 0 Å². The Hall–Kier alpha value is -0.0400. The lowest BCUT2D eigenvalue weighted by Gasteiger charge is -2.08. The summed E-state index contributed by atoms with van der Waals surface area (Å²) in [5.74, 6) is 0. The van der Waals surface area contributed by atoms with E-state index in [1.165, 1.54) is 77.0 Å². The van der Waals surface area contributed by atoms with Crippen molar-refractivity contribution in [2.45, 2.75) is 90.1 Å². The zero-order chi connectivity index (χ0) is 11.5. The molecule has 1 fully saturated rings. The van der Waals surface area contributed by atoms with Gasteiger partial charge in [-0.15, -0.1) is 0 Å². The van der Waals surface area contributed by atoms with Crippen LogP contribution in [0.4, 0.5) is 0 Å². The molecule has 0 aliphatic carbocycles. The van der Waals surface area contributed by atoms with Gasteiger partial charge in [0.25, 0.3) is 0 Å². The molecule has 0 bridgehead atoms. The molecule has 1 saturated heterocycles. The van der Waals surface area contributed by atoms with Crippen LogP contribution in [0.1, 0.15) is 84.0 Å². The Bertz CT molecular complexity index is 138. The van der Waals surface area contributed by atoms with Gasteiger partial charge in [0.15, 0.2) is 0 Å². The second-order valence-corrected chi connectivity index (χ2v) is 5.25. The van der Waals surface area contributed by atoms with Crippen molar-refractivity contribution in [3.05, 3.63) is 0 Å². The summed E-state index contributed by atoms with van der Waals surface area (Å²) in [5, 5.41) is 0. The van der Waals surface area contributed by atoms with Crippen LogP contribution in [0.3, 0.4) is 0 Å². The molecular weight excluding hydrogens is 196 g/mol. The minimum absolute atomic E-state index is 0.615.